The van der Waals surface area contributed by atoms with E-state index in [1.165, 1.54) is 33.4 Å². The van der Waals surface area contributed by atoms with E-state index >= 15 is 0 Å². The Hall–Kier alpha value is -8.66. The van der Waals surface area contributed by atoms with E-state index in [-0.39, 0.29) is 6.04 Å². The van der Waals surface area contributed by atoms with Crippen molar-refractivity contribution in [1.29, 1.82) is 0 Å². The number of rotatable bonds is 10. The highest BCUT2D eigenvalue weighted by molar-refractivity contribution is 6.24. The summed E-state index contributed by atoms with van der Waals surface area (Å²) < 4.78 is 0. The number of hydrogen-bond donors (Lipinski definition) is 1. The Morgan fingerprint density at radius 3 is 1.27 bits per heavy atom. The molecule has 0 radical (unpaired) electrons. The second-order valence-corrected chi connectivity index (χ2v) is 16.6. The van der Waals surface area contributed by atoms with E-state index < -0.39 is 0 Å². The summed E-state index contributed by atoms with van der Waals surface area (Å²) in [6.45, 7) is 0. The summed E-state index contributed by atoms with van der Waals surface area (Å²) in [7, 11) is 0. The first-order valence-corrected chi connectivity index (χ1v) is 22.5. The van der Waals surface area contributed by atoms with Crippen molar-refractivity contribution in [2.75, 3.05) is 0 Å². The molecule has 0 bridgehead atoms. The van der Waals surface area contributed by atoms with Gasteiger partial charge in [0.25, 0.3) is 0 Å². The highest BCUT2D eigenvalue weighted by atomic mass is 14.9. The average molecular weight is 844 g/mol. The van der Waals surface area contributed by atoms with Crippen LogP contribution in [0.15, 0.2) is 261 Å². The lowest BCUT2D eigenvalue weighted by molar-refractivity contribution is 0.787. The van der Waals surface area contributed by atoms with Crippen LogP contribution in [-0.4, -0.2) is 9.97 Å². The molecule has 1 aromatic heterocycles. The third kappa shape index (κ3) is 8.18. The zero-order valence-corrected chi connectivity index (χ0v) is 36.3. The van der Waals surface area contributed by atoms with Crippen molar-refractivity contribution in [1.82, 2.24) is 15.3 Å². The lowest BCUT2D eigenvalue weighted by Gasteiger charge is -2.36. The van der Waals surface area contributed by atoms with Gasteiger partial charge in [-0.05, 0) is 79.4 Å². The molecule has 0 fully saturated rings. The van der Waals surface area contributed by atoms with Crippen LogP contribution < -0.4 is 5.32 Å². The van der Waals surface area contributed by atoms with Crippen LogP contribution in [0, 0.1) is 0 Å². The molecule has 11 rings (SSSR count). The van der Waals surface area contributed by atoms with Crippen LogP contribution in [0.1, 0.15) is 33.9 Å². The van der Waals surface area contributed by atoms with E-state index in [1.807, 2.05) is 24.3 Å². The van der Waals surface area contributed by atoms with E-state index in [9.17, 15) is 0 Å². The van der Waals surface area contributed by atoms with Crippen molar-refractivity contribution in [3.05, 3.63) is 289 Å². The molecule has 1 unspecified atom stereocenters. The monoisotopic (exact) mass is 843 g/mol. The molecule has 9 aromatic carbocycles. The molecule has 1 atom stereocenters. The van der Waals surface area contributed by atoms with Crippen molar-refractivity contribution in [2.45, 2.75) is 6.04 Å². The molecular weight excluding hydrogens is 799 g/mol. The van der Waals surface area contributed by atoms with Gasteiger partial charge in [-0.2, -0.15) is 0 Å². The van der Waals surface area contributed by atoms with E-state index in [4.69, 9.17) is 9.97 Å². The Morgan fingerprint density at radius 1 is 0.273 bits per heavy atom. The van der Waals surface area contributed by atoms with E-state index in [2.05, 4.69) is 242 Å². The lowest BCUT2D eigenvalue weighted by atomic mass is 9.76. The standard InChI is InChI=1S/C63H45N3/c1-7-21-44(22-8-1)52-33-19-35-54(41-52)57-43-56(64-63(65-57)51-31-17-6-18-32-51)46-39-37-45(38-40-46)53-34-20-36-55(42-53)58-59(47-23-9-2-10-24-47)61(49-27-13-4-14-28-49)66-62(50-29-15-5-16-30-50)60(58)48-25-11-3-12-26-48/h1-43,61,66H. The number of nitrogens with zero attached hydrogens (tertiary/aromatic N) is 2. The molecule has 1 aliphatic rings. The van der Waals surface area contributed by atoms with Crippen LogP contribution in [0.5, 0.6) is 0 Å². The van der Waals surface area contributed by atoms with Gasteiger partial charge in [0.05, 0.1) is 23.1 Å². The summed E-state index contributed by atoms with van der Waals surface area (Å²) >= 11 is 0. The molecule has 0 amide bonds. The topological polar surface area (TPSA) is 37.8 Å². The smallest absolute Gasteiger partial charge is 0.160 e. The number of aromatic nitrogens is 2. The van der Waals surface area contributed by atoms with Crippen LogP contribution in [-0.2, 0) is 0 Å². The van der Waals surface area contributed by atoms with E-state index in [0.717, 1.165) is 67.2 Å². The van der Waals surface area contributed by atoms with Crippen molar-refractivity contribution in [3.63, 3.8) is 0 Å². The number of hydrogen-bond acceptors (Lipinski definition) is 3. The van der Waals surface area contributed by atoms with Crippen molar-refractivity contribution < 1.29 is 0 Å². The summed E-state index contributed by atoms with van der Waals surface area (Å²) in [6, 6.07) is 92.5. The minimum absolute atomic E-state index is 0.117. The first-order valence-electron chi connectivity index (χ1n) is 22.5. The fourth-order valence-corrected chi connectivity index (χ4v) is 9.18. The zero-order valence-electron chi connectivity index (χ0n) is 36.3. The van der Waals surface area contributed by atoms with Crippen LogP contribution in [0.4, 0.5) is 0 Å². The number of allylic oxidation sites excluding steroid dienone is 2. The molecule has 1 aliphatic heterocycles. The van der Waals surface area contributed by atoms with Crippen LogP contribution in [0.2, 0.25) is 0 Å². The Kier molecular flexibility index (Phi) is 11.1. The van der Waals surface area contributed by atoms with Gasteiger partial charge in [0.1, 0.15) is 0 Å². The number of benzene rings is 9. The summed E-state index contributed by atoms with van der Waals surface area (Å²) in [5, 5.41) is 4.10. The van der Waals surface area contributed by atoms with Gasteiger partial charge >= 0.3 is 0 Å². The SMILES string of the molecule is c1ccc(C2=C(c3ccccc3)C(c3cccc(-c4ccc(-c5cc(-c6cccc(-c7ccccc7)c6)nc(-c6ccccc6)n5)cc4)c3)=C(c3ccccc3)C(c3ccccc3)N2)cc1. The van der Waals surface area contributed by atoms with Crippen molar-refractivity contribution >= 4 is 22.4 Å². The molecule has 3 nitrogen and oxygen atoms in total. The molecule has 1 N–H and O–H groups in total. The Bertz CT molecular complexity index is 3330. The molecule has 312 valence electrons. The molecule has 0 aliphatic carbocycles. The maximum Gasteiger partial charge on any atom is 0.160 e. The van der Waals surface area contributed by atoms with Gasteiger partial charge in [-0.1, -0.05) is 243 Å². The van der Waals surface area contributed by atoms with Crippen LogP contribution >= 0.6 is 0 Å². The molecule has 0 saturated carbocycles. The lowest BCUT2D eigenvalue weighted by Crippen LogP contribution is -2.27. The minimum Gasteiger partial charge on any atom is -0.373 e. The van der Waals surface area contributed by atoms with Crippen molar-refractivity contribution in [2.24, 2.45) is 0 Å². The van der Waals surface area contributed by atoms with Crippen LogP contribution in [0.3, 0.4) is 0 Å². The zero-order chi connectivity index (χ0) is 44.1. The Morgan fingerprint density at radius 2 is 0.682 bits per heavy atom. The van der Waals surface area contributed by atoms with E-state index in [1.54, 1.807) is 0 Å². The second-order valence-electron chi connectivity index (χ2n) is 16.6. The molecular formula is C63H45N3. The fraction of sp³-hybridized carbons (Fsp3) is 0.0159. The summed E-state index contributed by atoms with van der Waals surface area (Å²) in [4.78, 5) is 10.3. The van der Waals surface area contributed by atoms with E-state index in [0.29, 0.717) is 5.82 Å². The van der Waals surface area contributed by atoms with Gasteiger partial charge in [0, 0.05) is 22.3 Å². The van der Waals surface area contributed by atoms with Crippen LogP contribution in [0.25, 0.3) is 78.6 Å². The Balaban J connectivity index is 1.05. The Labute approximate surface area is 386 Å². The molecule has 0 saturated heterocycles. The van der Waals surface area contributed by atoms with Crippen molar-refractivity contribution in [3.8, 4) is 56.2 Å². The van der Waals surface area contributed by atoms with Gasteiger partial charge < -0.3 is 5.32 Å². The normalized spacial score (nSPS) is 13.6. The first-order chi connectivity index (χ1) is 32.7. The van der Waals surface area contributed by atoms with Gasteiger partial charge in [-0.25, -0.2) is 9.97 Å². The van der Waals surface area contributed by atoms with Gasteiger partial charge in [-0.15, -0.1) is 0 Å². The summed E-state index contributed by atoms with van der Waals surface area (Å²) in [6.07, 6.45) is 0. The van der Waals surface area contributed by atoms with Gasteiger partial charge in [0.15, 0.2) is 5.82 Å². The number of nitrogens with one attached hydrogen (secondary N) is 1. The number of dihydropyridines is 1. The predicted octanol–water partition coefficient (Wildman–Crippen LogP) is 15.6. The third-order valence-corrected chi connectivity index (χ3v) is 12.4. The maximum absolute atomic E-state index is 5.17. The second kappa shape index (κ2) is 18.2. The quantitative estimate of drug-likeness (QED) is 0.149. The average Bonchev–Trinajstić information content (AvgIpc) is 3.41. The predicted molar refractivity (Wildman–Crippen MR) is 274 cm³/mol. The van der Waals surface area contributed by atoms with Gasteiger partial charge in [-0.3, -0.25) is 0 Å². The fourth-order valence-electron chi connectivity index (χ4n) is 9.18. The minimum atomic E-state index is -0.117. The third-order valence-electron chi connectivity index (χ3n) is 12.4. The summed E-state index contributed by atoms with van der Waals surface area (Å²) in [5.74, 6) is 0.695. The molecule has 2 heterocycles. The first kappa shape index (κ1) is 40.1. The largest absolute Gasteiger partial charge is 0.373 e. The summed E-state index contributed by atoms with van der Waals surface area (Å²) in [5.41, 5.74) is 19.9. The molecule has 10 aromatic rings. The maximum atomic E-state index is 5.17. The highest BCUT2D eigenvalue weighted by Gasteiger charge is 2.33. The molecule has 0 spiro atoms. The highest BCUT2D eigenvalue weighted by Crippen LogP contribution is 2.50. The van der Waals surface area contributed by atoms with Gasteiger partial charge in [0.2, 0.25) is 0 Å². The molecule has 66 heavy (non-hydrogen) atoms. The molecule has 3 heteroatoms.